The molecule has 0 aromatic heterocycles. The molecule has 3 N–H and O–H groups in total. The number of ether oxygens (including phenoxy) is 1. The van der Waals surface area contributed by atoms with Gasteiger partial charge in [-0.25, -0.2) is 22.0 Å². The lowest BCUT2D eigenvalue weighted by Gasteiger charge is -2.30. The number of aliphatic imine (C=N–C) groups is 1. The highest BCUT2D eigenvalue weighted by Crippen LogP contribution is 2.22. The number of hydrogen-bond donors (Lipinski definition) is 3. The normalized spacial score (nSPS) is 18.1. The standard InChI is InChI=1S/C24H27ClF2N4O5S/c1-3-36-24(33)30-18-7-5-17(6-8-18)28-23(29-19-12-15(25)11-16(26)13-19)31-22(32)14-4-9-20(27)21(10-14)37(2,34)35/h4,9-13,17-18H,3,5-8H2,1-2H3,(H,30,33)(H2,28,29,31,32)/t17-,18-. The van der Waals surface area contributed by atoms with Crippen molar-refractivity contribution in [3.8, 4) is 0 Å². The van der Waals surface area contributed by atoms with Crippen molar-refractivity contribution in [2.75, 3.05) is 18.2 Å². The molecule has 2 amide bonds. The molecule has 200 valence electrons. The van der Waals surface area contributed by atoms with Gasteiger partial charge >= 0.3 is 6.09 Å². The van der Waals surface area contributed by atoms with E-state index in [-0.39, 0.29) is 40.9 Å². The summed E-state index contributed by atoms with van der Waals surface area (Å²) in [6.45, 7) is 1.99. The minimum atomic E-state index is -3.92. The molecule has 2 aromatic rings. The van der Waals surface area contributed by atoms with Gasteiger partial charge in [0.15, 0.2) is 9.84 Å². The van der Waals surface area contributed by atoms with E-state index < -0.39 is 38.4 Å². The van der Waals surface area contributed by atoms with Crippen LogP contribution in [0, 0.1) is 11.6 Å². The number of amides is 2. The molecule has 0 radical (unpaired) electrons. The van der Waals surface area contributed by atoms with Crippen molar-refractivity contribution in [2.24, 2.45) is 4.99 Å². The maximum atomic E-state index is 14.0. The van der Waals surface area contributed by atoms with E-state index in [1.54, 1.807) is 6.92 Å². The van der Waals surface area contributed by atoms with Crippen molar-refractivity contribution in [3.05, 3.63) is 58.6 Å². The van der Waals surface area contributed by atoms with Gasteiger partial charge in [0.05, 0.1) is 6.61 Å². The fraction of sp³-hybridized carbons (Fsp3) is 0.375. The number of nitrogens with zero attached hydrogens (tertiary/aromatic N) is 1. The topological polar surface area (TPSA) is 126 Å². The van der Waals surface area contributed by atoms with Gasteiger partial charge in [0, 0.05) is 34.6 Å². The smallest absolute Gasteiger partial charge is 0.407 e. The first-order valence-electron chi connectivity index (χ1n) is 11.5. The van der Waals surface area contributed by atoms with E-state index in [0.717, 1.165) is 36.6 Å². The number of hydrogen-bond acceptors (Lipinski definition) is 5. The molecule has 0 spiro atoms. The Bertz CT molecular complexity index is 1280. The lowest BCUT2D eigenvalue weighted by Crippen LogP contribution is -2.45. The number of carbonyl (C=O) groups excluding carboxylic acids is 2. The van der Waals surface area contributed by atoms with Gasteiger partial charge in [-0.1, -0.05) is 11.6 Å². The predicted octanol–water partition coefficient (Wildman–Crippen LogP) is 4.28. The highest BCUT2D eigenvalue weighted by atomic mass is 35.5. The molecule has 1 saturated carbocycles. The van der Waals surface area contributed by atoms with Crippen LogP contribution in [0.1, 0.15) is 43.0 Å². The van der Waals surface area contributed by atoms with Crippen molar-refractivity contribution >= 4 is 45.1 Å². The van der Waals surface area contributed by atoms with E-state index in [0.29, 0.717) is 25.7 Å². The number of alkyl carbamates (subject to hydrolysis) is 1. The van der Waals surface area contributed by atoms with Crippen LogP contribution in [0.3, 0.4) is 0 Å². The summed E-state index contributed by atoms with van der Waals surface area (Å²) in [5, 5.41) is 8.87. The van der Waals surface area contributed by atoms with Crippen molar-refractivity contribution < 1.29 is 31.5 Å². The van der Waals surface area contributed by atoms with E-state index in [4.69, 9.17) is 16.3 Å². The maximum absolute atomic E-state index is 14.0. The minimum Gasteiger partial charge on any atom is -0.450 e. The Balaban J connectivity index is 1.81. The van der Waals surface area contributed by atoms with Crippen molar-refractivity contribution in [3.63, 3.8) is 0 Å². The lowest BCUT2D eigenvalue weighted by molar-refractivity contribution is 0.100. The molecular formula is C24H27ClF2N4O5S. The molecule has 0 aliphatic heterocycles. The van der Waals surface area contributed by atoms with Crippen molar-refractivity contribution in [1.82, 2.24) is 10.6 Å². The molecule has 3 rings (SSSR count). The maximum Gasteiger partial charge on any atom is 0.407 e. The molecule has 13 heteroatoms. The Morgan fingerprint density at radius 3 is 2.30 bits per heavy atom. The molecule has 1 fully saturated rings. The number of guanidine groups is 1. The number of benzene rings is 2. The van der Waals surface area contributed by atoms with Gasteiger partial charge in [-0.3, -0.25) is 4.79 Å². The molecule has 0 bridgehead atoms. The van der Waals surface area contributed by atoms with Crippen LogP contribution in [0.25, 0.3) is 0 Å². The van der Waals surface area contributed by atoms with E-state index >= 15 is 0 Å². The molecule has 0 heterocycles. The first kappa shape index (κ1) is 28.3. The number of halogens is 3. The van der Waals surface area contributed by atoms with Crippen LogP contribution in [0.4, 0.5) is 19.3 Å². The van der Waals surface area contributed by atoms with Crippen LogP contribution in [0.5, 0.6) is 0 Å². The van der Waals surface area contributed by atoms with E-state index in [2.05, 4.69) is 20.9 Å². The van der Waals surface area contributed by atoms with Crippen LogP contribution in [0.15, 0.2) is 46.3 Å². The first-order chi connectivity index (χ1) is 17.4. The second-order valence-electron chi connectivity index (χ2n) is 8.52. The number of carbonyl (C=O) groups is 2. The molecule has 1 aliphatic carbocycles. The zero-order chi connectivity index (χ0) is 27.2. The SMILES string of the molecule is CCOC(=O)N[C@H]1CC[C@H](N/C(=N\C(=O)c2ccc(F)c(S(C)(=O)=O)c2)Nc2cc(F)cc(Cl)c2)CC1. The van der Waals surface area contributed by atoms with Gasteiger partial charge in [0.25, 0.3) is 5.91 Å². The number of sulfone groups is 1. The van der Waals surface area contributed by atoms with Crippen LogP contribution in [-0.2, 0) is 14.6 Å². The molecule has 0 atom stereocenters. The molecule has 0 saturated heterocycles. The third kappa shape index (κ3) is 8.39. The summed E-state index contributed by atoms with van der Waals surface area (Å²) in [7, 11) is -3.92. The Hall–Kier alpha value is -3.25. The third-order valence-electron chi connectivity index (χ3n) is 5.58. The number of anilines is 1. The average molecular weight is 557 g/mol. The van der Waals surface area contributed by atoms with Gasteiger partial charge < -0.3 is 20.7 Å². The molecule has 9 nitrogen and oxygen atoms in total. The molecule has 2 aromatic carbocycles. The van der Waals surface area contributed by atoms with Gasteiger partial charge in [-0.2, -0.15) is 4.99 Å². The molecular weight excluding hydrogens is 530 g/mol. The summed E-state index contributed by atoms with van der Waals surface area (Å²) in [6.07, 6.45) is 2.86. The van der Waals surface area contributed by atoms with Gasteiger partial charge in [-0.15, -0.1) is 0 Å². The predicted molar refractivity (Wildman–Crippen MR) is 136 cm³/mol. The Morgan fingerprint density at radius 1 is 1.05 bits per heavy atom. The van der Waals surface area contributed by atoms with Gasteiger partial charge in [-0.05, 0) is 69.0 Å². The summed E-state index contributed by atoms with van der Waals surface area (Å²) < 4.78 is 56.5. The van der Waals surface area contributed by atoms with Crippen molar-refractivity contribution in [1.29, 1.82) is 0 Å². The van der Waals surface area contributed by atoms with Crippen LogP contribution < -0.4 is 16.0 Å². The zero-order valence-electron chi connectivity index (χ0n) is 20.2. The van der Waals surface area contributed by atoms with E-state index in [1.165, 1.54) is 6.07 Å². The highest BCUT2D eigenvalue weighted by Gasteiger charge is 2.24. The Kier molecular flexibility index (Phi) is 9.44. The van der Waals surface area contributed by atoms with E-state index in [1.807, 2.05) is 0 Å². The second kappa shape index (κ2) is 12.3. The fourth-order valence-electron chi connectivity index (χ4n) is 3.86. The number of nitrogens with one attached hydrogen (secondary N) is 3. The fourth-order valence-corrected chi connectivity index (χ4v) is 4.85. The summed E-state index contributed by atoms with van der Waals surface area (Å²) in [5.74, 6) is -2.47. The molecule has 37 heavy (non-hydrogen) atoms. The summed E-state index contributed by atoms with van der Waals surface area (Å²) in [5.41, 5.74) is 0.0696. The third-order valence-corrected chi connectivity index (χ3v) is 6.91. The van der Waals surface area contributed by atoms with Crippen LogP contribution >= 0.6 is 11.6 Å². The lowest BCUT2D eigenvalue weighted by atomic mass is 9.91. The quantitative estimate of drug-likeness (QED) is 0.358. The summed E-state index contributed by atoms with van der Waals surface area (Å²) in [6, 6.07) is 6.41. The highest BCUT2D eigenvalue weighted by molar-refractivity contribution is 7.90. The average Bonchev–Trinajstić information content (AvgIpc) is 2.79. The minimum absolute atomic E-state index is 0.0290. The summed E-state index contributed by atoms with van der Waals surface area (Å²) in [4.78, 5) is 28.0. The number of rotatable bonds is 6. The Labute approximate surface area is 218 Å². The van der Waals surface area contributed by atoms with Gasteiger partial charge in [0.1, 0.15) is 16.5 Å². The second-order valence-corrected chi connectivity index (χ2v) is 10.9. The van der Waals surface area contributed by atoms with Crippen LogP contribution in [0.2, 0.25) is 5.02 Å². The molecule has 0 unspecified atom stereocenters. The monoisotopic (exact) mass is 556 g/mol. The van der Waals surface area contributed by atoms with Crippen molar-refractivity contribution in [2.45, 2.75) is 49.6 Å². The Morgan fingerprint density at radius 2 is 1.70 bits per heavy atom. The van der Waals surface area contributed by atoms with Gasteiger partial charge in [0.2, 0.25) is 5.96 Å². The van der Waals surface area contributed by atoms with E-state index in [9.17, 15) is 26.8 Å². The first-order valence-corrected chi connectivity index (χ1v) is 13.8. The zero-order valence-corrected chi connectivity index (χ0v) is 21.8. The molecule has 1 aliphatic rings. The summed E-state index contributed by atoms with van der Waals surface area (Å²) >= 11 is 5.94. The largest absolute Gasteiger partial charge is 0.450 e. The van der Waals surface area contributed by atoms with Crippen LogP contribution in [-0.4, -0.2) is 51.3 Å².